The van der Waals surface area contributed by atoms with Gasteiger partial charge in [0.25, 0.3) is 0 Å². The molecule has 0 fully saturated rings. The van der Waals surface area contributed by atoms with E-state index < -0.39 is 10.8 Å². The molecule has 0 N–H and O–H groups in total. The van der Waals surface area contributed by atoms with E-state index >= 15 is 0 Å². The molecule has 24 aromatic rings. The van der Waals surface area contributed by atoms with Crippen molar-refractivity contribution >= 4 is 0 Å². The summed E-state index contributed by atoms with van der Waals surface area (Å²) in [5.74, 6) is 7.23. The van der Waals surface area contributed by atoms with E-state index in [4.69, 9.17) is 59.3 Å². The molecule has 20 aromatic carbocycles. The van der Waals surface area contributed by atoms with Crippen LogP contribution in [0, 0.1) is 0 Å². The van der Waals surface area contributed by atoms with Gasteiger partial charge in [-0.1, -0.05) is 455 Å². The summed E-state index contributed by atoms with van der Waals surface area (Å²) in [4.78, 5) is 54.0. The molecular weight excluding hydrogens is 1810 g/mol. The predicted octanol–water partition coefficient (Wildman–Crippen LogP) is 32.9. The second kappa shape index (κ2) is 35.7. The Morgan fingerprint density at radius 1 is 0.115 bits per heavy atom. The summed E-state index contributed by atoms with van der Waals surface area (Å²) in [6, 6.07) is 179. The molecule has 2 spiro atoms. The Bertz CT molecular complexity index is 9250. The van der Waals surface area contributed by atoms with E-state index in [1.54, 1.807) is 0 Å². The molecule has 4 aromatic heterocycles. The van der Waals surface area contributed by atoms with Crippen LogP contribution in [0.5, 0.6) is 23.0 Å². The molecule has 0 saturated heterocycles. The molecule has 2 aliphatic heterocycles. The smallest absolute Gasteiger partial charge is 0.164 e. The van der Waals surface area contributed by atoms with Crippen LogP contribution in [-0.4, -0.2) is 49.8 Å². The van der Waals surface area contributed by atoms with Gasteiger partial charge in [-0.15, -0.1) is 0 Å². The lowest BCUT2D eigenvalue weighted by molar-refractivity contribution is 0.436. The fourth-order valence-electron chi connectivity index (χ4n) is 22.3. The van der Waals surface area contributed by atoms with Gasteiger partial charge < -0.3 is 9.47 Å². The molecule has 148 heavy (non-hydrogen) atoms. The fourth-order valence-corrected chi connectivity index (χ4v) is 22.3. The van der Waals surface area contributed by atoms with Crippen LogP contribution in [0.1, 0.15) is 44.5 Å². The van der Waals surface area contributed by atoms with Crippen LogP contribution in [0.2, 0.25) is 0 Å². The summed E-state index contributed by atoms with van der Waals surface area (Å²) in [6.45, 7) is 0. The van der Waals surface area contributed by atoms with Crippen LogP contribution < -0.4 is 9.47 Å². The topological polar surface area (TPSA) is 147 Å². The second-order valence-electron chi connectivity index (χ2n) is 37.9. The Hall–Kier alpha value is -19.8. The number of hydrogen-bond donors (Lipinski definition) is 0. The van der Waals surface area contributed by atoms with Gasteiger partial charge in [0.2, 0.25) is 0 Å². The molecule has 2 aliphatic carbocycles. The lowest BCUT2D eigenvalue weighted by atomic mass is 9.65. The molecule has 0 radical (unpaired) electrons. The number of nitrogens with zero attached hydrogens (tertiary/aromatic N) is 10. The standard InChI is InChI=1S/C136H84N10O2/c1-8-29-85(30-9-1)89-51-59-94(60-52-89)120-84-122(140-128(138-120)98-63-55-91(56-64-98)87-33-12-3-13-34-87)103-70-75-115-125(81-103)148-124-80-101(69-74-114(124)136(115)112-48-25-23-45-107(112)109-72-67-102(78-117(109)136)121-83-119(93-37-16-5-17-38-93)137-127(139-121)97-61-53-90(54-62-97)86-31-10-2-11-32-86)92-57-65-99(66-58-92)131-141-129(95-39-18-6-19-40-95)144-134(145-131)106-71-76-116-126(82-106)147-123-50-27-26-49-113(123)135(116)111-47-24-22-46-108(111)110-73-68-105(79-118(110)135)133-143-130(96-41-20-7-21-42-96)142-132(146-133)104-44-28-43-100(77-104)88-35-14-4-15-36-88/h1-84H/t135-,136?/m1/s1. The van der Waals surface area contributed by atoms with E-state index in [1.165, 1.54) is 0 Å². The maximum Gasteiger partial charge on any atom is 0.164 e. The number of para-hydroxylation sites is 1. The zero-order valence-electron chi connectivity index (χ0n) is 79.8. The molecule has 28 rings (SSSR count). The number of hydrogen-bond acceptors (Lipinski definition) is 12. The van der Waals surface area contributed by atoms with Gasteiger partial charge in [-0.25, -0.2) is 49.8 Å². The number of benzene rings is 20. The zero-order chi connectivity index (χ0) is 97.7. The van der Waals surface area contributed by atoms with Gasteiger partial charge in [-0.2, -0.15) is 0 Å². The molecule has 690 valence electrons. The van der Waals surface area contributed by atoms with Crippen molar-refractivity contribution in [2.75, 3.05) is 0 Å². The van der Waals surface area contributed by atoms with Crippen molar-refractivity contribution in [1.29, 1.82) is 0 Å². The first-order valence-electron chi connectivity index (χ1n) is 49.8. The van der Waals surface area contributed by atoms with E-state index in [9.17, 15) is 0 Å². The Kier molecular flexibility index (Phi) is 20.8. The third-order valence-electron chi connectivity index (χ3n) is 29.4. The number of aromatic nitrogens is 10. The third kappa shape index (κ3) is 14.9. The zero-order valence-corrected chi connectivity index (χ0v) is 79.8. The first kappa shape index (κ1) is 86.1. The molecular formula is C136H84N10O2. The van der Waals surface area contributed by atoms with Crippen LogP contribution in [0.15, 0.2) is 510 Å². The molecule has 12 nitrogen and oxygen atoms in total. The van der Waals surface area contributed by atoms with Crippen molar-refractivity contribution in [2.24, 2.45) is 0 Å². The Labute approximate surface area is 855 Å². The van der Waals surface area contributed by atoms with Crippen molar-refractivity contribution in [3.05, 3.63) is 554 Å². The molecule has 12 heteroatoms. The van der Waals surface area contributed by atoms with Gasteiger partial charge >= 0.3 is 0 Å². The van der Waals surface area contributed by atoms with E-state index in [-0.39, 0.29) is 0 Å². The fraction of sp³-hybridized carbons (Fsp3) is 0.0147. The number of rotatable bonds is 17. The molecule has 2 atom stereocenters. The third-order valence-corrected chi connectivity index (χ3v) is 29.4. The van der Waals surface area contributed by atoms with Gasteiger partial charge in [0, 0.05) is 89.0 Å². The normalized spacial score (nSPS) is 14.0. The van der Waals surface area contributed by atoms with E-state index in [0.717, 1.165) is 218 Å². The number of fused-ring (bicyclic) bond motifs is 18. The van der Waals surface area contributed by atoms with Crippen LogP contribution in [0.4, 0.5) is 0 Å². The summed E-state index contributed by atoms with van der Waals surface area (Å²) in [5, 5.41) is 0. The first-order chi connectivity index (χ1) is 73.2. The van der Waals surface area contributed by atoms with Gasteiger partial charge in [-0.3, -0.25) is 0 Å². The molecule has 0 bridgehead atoms. The lowest BCUT2D eigenvalue weighted by Crippen LogP contribution is -2.32. The minimum atomic E-state index is -0.950. The molecule has 4 aliphatic rings. The molecule has 1 unspecified atom stereocenters. The summed E-state index contributed by atoms with van der Waals surface area (Å²) < 4.78 is 15.0. The molecule has 0 amide bonds. The highest BCUT2D eigenvalue weighted by Crippen LogP contribution is 2.66. The number of ether oxygens (including phenoxy) is 2. The summed E-state index contributed by atoms with van der Waals surface area (Å²) in [7, 11) is 0. The van der Waals surface area contributed by atoms with E-state index in [0.29, 0.717) is 63.8 Å². The average Bonchev–Trinajstić information content (AvgIpc) is 1.51. The minimum absolute atomic E-state index is 0.481. The molecule has 0 saturated carbocycles. The highest BCUT2D eigenvalue weighted by Gasteiger charge is 2.54. The highest BCUT2D eigenvalue weighted by molar-refractivity contribution is 5.95. The first-order valence-corrected chi connectivity index (χ1v) is 49.8. The van der Waals surface area contributed by atoms with Crippen LogP contribution in [0.3, 0.4) is 0 Å². The summed E-state index contributed by atoms with van der Waals surface area (Å²) in [5.41, 5.74) is 35.5. The van der Waals surface area contributed by atoms with Gasteiger partial charge in [0.15, 0.2) is 46.6 Å². The average molecular weight is 1890 g/mol. The predicted molar refractivity (Wildman–Crippen MR) is 592 cm³/mol. The van der Waals surface area contributed by atoms with Crippen molar-refractivity contribution in [2.45, 2.75) is 10.8 Å². The van der Waals surface area contributed by atoms with E-state index in [1.807, 2.05) is 84.9 Å². The van der Waals surface area contributed by atoms with Crippen molar-refractivity contribution in [3.8, 4) is 237 Å². The Morgan fingerprint density at radius 3 is 0.770 bits per heavy atom. The van der Waals surface area contributed by atoms with Crippen molar-refractivity contribution in [3.63, 3.8) is 0 Å². The highest BCUT2D eigenvalue weighted by atomic mass is 16.5. The largest absolute Gasteiger partial charge is 0.457 e. The van der Waals surface area contributed by atoms with Crippen LogP contribution in [0.25, 0.3) is 214 Å². The van der Waals surface area contributed by atoms with Crippen LogP contribution >= 0.6 is 0 Å². The summed E-state index contributed by atoms with van der Waals surface area (Å²) in [6.07, 6.45) is 0. The minimum Gasteiger partial charge on any atom is -0.457 e. The van der Waals surface area contributed by atoms with Gasteiger partial charge in [-0.05, 0) is 155 Å². The van der Waals surface area contributed by atoms with Gasteiger partial charge in [0.1, 0.15) is 23.0 Å². The Morgan fingerprint density at radius 2 is 0.331 bits per heavy atom. The lowest BCUT2D eigenvalue weighted by Gasteiger charge is -2.40. The second-order valence-corrected chi connectivity index (χ2v) is 37.9. The monoisotopic (exact) mass is 1890 g/mol. The van der Waals surface area contributed by atoms with Crippen molar-refractivity contribution in [1.82, 2.24) is 49.8 Å². The molecule has 6 heterocycles. The maximum absolute atomic E-state index is 7.71. The SMILES string of the molecule is c1ccc(-c2ccc(-c3cc(-c4ccc5c(c4)Oc4cc(-c6ccc(-c7nc(-c8ccccc8)nc(-c8ccc9c(c8)Oc8ccccc8[C@]98c9ccccc9-c9ccc(-c%10nc(-c%11ccccc%11)nc(-c%11cccc(-c%12ccccc%12)c%11)n%10)cc98)n7)cc6)ccc4C54c5ccccc5-c5ccc(-c6cc(-c7ccccc7)nc(-c7ccc(-c8ccccc8)cc7)n6)cc54)nc(-c4ccc(-c5ccccc5)cc4)n3)cc2)cc1. The summed E-state index contributed by atoms with van der Waals surface area (Å²) >= 11 is 0. The maximum atomic E-state index is 7.71. The Balaban J connectivity index is 0.570. The van der Waals surface area contributed by atoms with Crippen LogP contribution in [-0.2, 0) is 10.8 Å². The quantitative estimate of drug-likeness (QED) is 0.0854. The van der Waals surface area contributed by atoms with Gasteiger partial charge in [0.05, 0.1) is 33.6 Å². The van der Waals surface area contributed by atoms with Crippen molar-refractivity contribution < 1.29 is 9.47 Å². The van der Waals surface area contributed by atoms with E-state index in [2.05, 4.69) is 425 Å².